The smallest absolute Gasteiger partial charge is 0.227 e. The lowest BCUT2D eigenvalue weighted by atomic mass is 10.1. The molecule has 1 unspecified atom stereocenters. The predicted molar refractivity (Wildman–Crippen MR) is 74.5 cm³/mol. The van der Waals surface area contributed by atoms with E-state index in [0.29, 0.717) is 18.3 Å². The van der Waals surface area contributed by atoms with Crippen molar-refractivity contribution in [3.63, 3.8) is 0 Å². The Bertz CT molecular complexity index is 564. The van der Waals surface area contributed by atoms with Gasteiger partial charge in [0.05, 0.1) is 6.20 Å². The fourth-order valence-corrected chi connectivity index (χ4v) is 2.28. The summed E-state index contributed by atoms with van der Waals surface area (Å²) in [5.41, 5.74) is 0.729. The van der Waals surface area contributed by atoms with Crippen molar-refractivity contribution in [2.24, 2.45) is 0 Å². The minimum Gasteiger partial charge on any atom is -0.313 e. The summed E-state index contributed by atoms with van der Waals surface area (Å²) >= 11 is 0. The lowest BCUT2D eigenvalue weighted by molar-refractivity contribution is -0.116. The van der Waals surface area contributed by atoms with Crippen LogP contribution in [0.3, 0.4) is 0 Å². The summed E-state index contributed by atoms with van der Waals surface area (Å²) in [7, 11) is 0. The van der Waals surface area contributed by atoms with E-state index in [0.717, 1.165) is 25.0 Å². The highest BCUT2D eigenvalue weighted by Gasteiger charge is 2.18. The van der Waals surface area contributed by atoms with Crippen LogP contribution in [0.2, 0.25) is 0 Å². The van der Waals surface area contributed by atoms with Gasteiger partial charge < -0.3 is 10.6 Å². The van der Waals surface area contributed by atoms with Gasteiger partial charge >= 0.3 is 0 Å². The third kappa shape index (κ3) is 3.02. The highest BCUT2D eigenvalue weighted by atomic mass is 35.5. The van der Waals surface area contributed by atoms with Gasteiger partial charge in [-0.25, -0.2) is 4.98 Å². The molecule has 2 N–H and O–H groups in total. The molecule has 2 aromatic rings. The number of amides is 1. The molecule has 1 aliphatic rings. The summed E-state index contributed by atoms with van der Waals surface area (Å²) in [6, 6.07) is 3.86. The molecule has 0 aromatic carbocycles. The highest BCUT2D eigenvalue weighted by molar-refractivity contribution is 5.90. The third-order valence-electron chi connectivity index (χ3n) is 3.15. The van der Waals surface area contributed by atoms with Crippen molar-refractivity contribution < 1.29 is 4.79 Å². The number of hydrogen-bond donors (Lipinski definition) is 2. The minimum absolute atomic E-state index is 0. The van der Waals surface area contributed by atoms with Gasteiger partial charge in [-0.1, -0.05) is 0 Å². The first-order valence-electron chi connectivity index (χ1n) is 6.15. The molecule has 1 atom stereocenters. The summed E-state index contributed by atoms with van der Waals surface area (Å²) in [5, 5.41) is 10.3. The average molecular weight is 282 g/mol. The lowest BCUT2D eigenvalue weighted by Gasteiger charge is -2.10. The average Bonchev–Trinajstić information content (AvgIpc) is 2.99. The van der Waals surface area contributed by atoms with Crippen LogP contribution in [0.1, 0.15) is 19.3 Å². The van der Waals surface area contributed by atoms with Crippen molar-refractivity contribution in [3.05, 3.63) is 24.5 Å². The maximum Gasteiger partial charge on any atom is 0.227 e. The van der Waals surface area contributed by atoms with Crippen LogP contribution < -0.4 is 10.6 Å². The molecular formula is C12H16ClN5O. The predicted octanol–water partition coefficient (Wildman–Crippen LogP) is 1.23. The van der Waals surface area contributed by atoms with Gasteiger partial charge in [0.2, 0.25) is 5.91 Å². The first kappa shape index (κ1) is 13.8. The quantitative estimate of drug-likeness (QED) is 0.888. The zero-order valence-corrected chi connectivity index (χ0v) is 11.2. The number of halogens is 1. The van der Waals surface area contributed by atoms with E-state index in [1.165, 1.54) is 0 Å². The summed E-state index contributed by atoms with van der Waals surface area (Å²) in [6.45, 7) is 1.01. The van der Waals surface area contributed by atoms with E-state index in [2.05, 4.69) is 20.7 Å². The first-order valence-corrected chi connectivity index (χ1v) is 6.15. The Morgan fingerprint density at radius 2 is 2.37 bits per heavy atom. The van der Waals surface area contributed by atoms with Crippen LogP contribution in [0, 0.1) is 0 Å². The van der Waals surface area contributed by atoms with Crippen LogP contribution in [-0.2, 0) is 4.79 Å². The standard InChI is InChI=1S/C12H15N5O.ClH/c18-12(8-9-2-1-5-13-9)16-11-3-6-14-10-4-7-15-17(10)11;/h3-4,6-7,9,13H,1-2,5,8H2,(H,16,18);1H. The Morgan fingerprint density at radius 1 is 1.47 bits per heavy atom. The molecule has 0 aliphatic carbocycles. The van der Waals surface area contributed by atoms with Gasteiger partial charge in [-0.15, -0.1) is 12.4 Å². The van der Waals surface area contributed by atoms with Crippen molar-refractivity contribution in [3.8, 4) is 0 Å². The third-order valence-corrected chi connectivity index (χ3v) is 3.15. The molecule has 2 aromatic heterocycles. The number of rotatable bonds is 3. The molecule has 1 aliphatic heterocycles. The summed E-state index contributed by atoms with van der Waals surface area (Å²) in [6.07, 6.45) is 6.06. The van der Waals surface area contributed by atoms with Crippen LogP contribution in [0.4, 0.5) is 5.82 Å². The van der Waals surface area contributed by atoms with Crippen LogP contribution >= 0.6 is 12.4 Å². The maximum atomic E-state index is 11.9. The molecule has 102 valence electrons. The van der Waals surface area contributed by atoms with E-state index >= 15 is 0 Å². The zero-order valence-electron chi connectivity index (χ0n) is 10.4. The fourth-order valence-electron chi connectivity index (χ4n) is 2.28. The van der Waals surface area contributed by atoms with Gasteiger partial charge in [0.15, 0.2) is 5.65 Å². The maximum absolute atomic E-state index is 11.9. The van der Waals surface area contributed by atoms with Crippen LogP contribution in [0.5, 0.6) is 0 Å². The zero-order chi connectivity index (χ0) is 12.4. The van der Waals surface area contributed by atoms with Crippen molar-refractivity contribution in [2.75, 3.05) is 11.9 Å². The molecule has 1 amide bonds. The Kier molecular flexibility index (Phi) is 4.34. The largest absolute Gasteiger partial charge is 0.313 e. The van der Waals surface area contributed by atoms with Gasteiger partial charge in [0, 0.05) is 24.7 Å². The first-order chi connectivity index (χ1) is 8.83. The molecule has 6 nitrogen and oxygen atoms in total. The molecule has 1 saturated heterocycles. The number of hydrogen-bond acceptors (Lipinski definition) is 4. The number of nitrogens with zero attached hydrogens (tertiary/aromatic N) is 3. The minimum atomic E-state index is 0. The van der Waals surface area contributed by atoms with Crippen LogP contribution in [0.25, 0.3) is 5.65 Å². The lowest BCUT2D eigenvalue weighted by Crippen LogP contribution is -2.28. The number of carbonyl (C=O) groups excluding carboxylic acids is 1. The molecule has 19 heavy (non-hydrogen) atoms. The second-order valence-corrected chi connectivity index (χ2v) is 4.48. The summed E-state index contributed by atoms with van der Waals surface area (Å²) in [5.74, 6) is 0.672. The van der Waals surface area contributed by atoms with E-state index in [9.17, 15) is 4.79 Å². The molecule has 7 heteroatoms. The molecule has 1 fully saturated rings. The molecule has 0 saturated carbocycles. The SMILES string of the molecule is Cl.O=C(CC1CCCN1)Nc1ccnc2ccnn12. The molecule has 0 radical (unpaired) electrons. The molecule has 0 bridgehead atoms. The number of carbonyl (C=O) groups is 1. The molecular weight excluding hydrogens is 266 g/mol. The van der Waals surface area contributed by atoms with E-state index in [1.807, 2.05) is 0 Å². The normalized spacial score (nSPS) is 18.2. The van der Waals surface area contributed by atoms with E-state index in [4.69, 9.17) is 0 Å². The number of fused-ring (bicyclic) bond motifs is 1. The van der Waals surface area contributed by atoms with Crippen molar-refractivity contribution in [2.45, 2.75) is 25.3 Å². The van der Waals surface area contributed by atoms with E-state index < -0.39 is 0 Å². The van der Waals surface area contributed by atoms with Gasteiger partial charge in [-0.3, -0.25) is 4.79 Å². The fraction of sp³-hybridized carbons (Fsp3) is 0.417. The Labute approximate surface area is 117 Å². The Balaban J connectivity index is 0.00000133. The highest BCUT2D eigenvalue weighted by Crippen LogP contribution is 2.12. The van der Waals surface area contributed by atoms with E-state index in [-0.39, 0.29) is 18.3 Å². The number of nitrogens with one attached hydrogen (secondary N) is 2. The van der Waals surface area contributed by atoms with Crippen molar-refractivity contribution >= 4 is 29.8 Å². The van der Waals surface area contributed by atoms with Crippen LogP contribution in [0.15, 0.2) is 24.5 Å². The Hall–Kier alpha value is -1.66. The van der Waals surface area contributed by atoms with E-state index in [1.54, 1.807) is 29.0 Å². The molecule has 3 rings (SSSR count). The second kappa shape index (κ2) is 5.99. The van der Waals surface area contributed by atoms with Crippen molar-refractivity contribution in [1.29, 1.82) is 0 Å². The number of aromatic nitrogens is 3. The topological polar surface area (TPSA) is 71.3 Å². The van der Waals surface area contributed by atoms with Crippen LogP contribution in [-0.4, -0.2) is 33.1 Å². The summed E-state index contributed by atoms with van der Waals surface area (Å²) in [4.78, 5) is 16.1. The summed E-state index contributed by atoms with van der Waals surface area (Å²) < 4.78 is 1.62. The monoisotopic (exact) mass is 281 g/mol. The van der Waals surface area contributed by atoms with Gasteiger partial charge in [-0.05, 0) is 25.5 Å². The number of anilines is 1. The van der Waals surface area contributed by atoms with Gasteiger partial charge in [-0.2, -0.15) is 9.61 Å². The molecule has 0 spiro atoms. The van der Waals surface area contributed by atoms with Crippen molar-refractivity contribution in [1.82, 2.24) is 19.9 Å². The molecule has 3 heterocycles. The van der Waals surface area contributed by atoms with Gasteiger partial charge in [0.1, 0.15) is 5.82 Å². The Morgan fingerprint density at radius 3 is 3.16 bits per heavy atom. The second-order valence-electron chi connectivity index (χ2n) is 4.48. The van der Waals surface area contributed by atoms with Gasteiger partial charge in [0.25, 0.3) is 0 Å².